The van der Waals surface area contributed by atoms with Crippen LogP contribution in [0.4, 0.5) is 0 Å². The predicted octanol–water partition coefficient (Wildman–Crippen LogP) is 0.831. The second-order valence-electron chi connectivity index (χ2n) is 4.70. The minimum Gasteiger partial charge on any atom is -0.353 e. The van der Waals surface area contributed by atoms with Gasteiger partial charge in [0.2, 0.25) is 5.91 Å². The van der Waals surface area contributed by atoms with Crippen LogP contribution < -0.4 is 10.6 Å². The van der Waals surface area contributed by atoms with Gasteiger partial charge in [-0.1, -0.05) is 20.8 Å². The highest BCUT2D eigenvalue weighted by molar-refractivity contribution is 5.78. The second kappa shape index (κ2) is 8.53. The molecule has 4 nitrogen and oxygen atoms in total. The van der Waals surface area contributed by atoms with E-state index in [9.17, 15) is 4.79 Å². The molecular formula is C12H27N3O. The molecule has 2 N–H and O–H groups in total. The van der Waals surface area contributed by atoms with Gasteiger partial charge in [0, 0.05) is 25.2 Å². The molecule has 0 saturated carbocycles. The van der Waals surface area contributed by atoms with E-state index in [0.29, 0.717) is 12.6 Å². The van der Waals surface area contributed by atoms with Gasteiger partial charge in [0.25, 0.3) is 0 Å². The number of amides is 1. The number of carbonyl (C=O) groups excluding carboxylic acids is 1. The maximum Gasteiger partial charge on any atom is 0.234 e. The van der Waals surface area contributed by atoms with Crippen LogP contribution in [0.1, 0.15) is 34.6 Å². The summed E-state index contributed by atoms with van der Waals surface area (Å²) in [7, 11) is 0. The van der Waals surface area contributed by atoms with E-state index in [2.05, 4.69) is 36.3 Å². The predicted molar refractivity (Wildman–Crippen MR) is 68.5 cm³/mol. The lowest BCUT2D eigenvalue weighted by Crippen LogP contribution is -2.42. The number of hydrogen-bond donors (Lipinski definition) is 2. The molecule has 0 heterocycles. The number of hydrogen-bond acceptors (Lipinski definition) is 3. The lowest BCUT2D eigenvalue weighted by atomic mass is 10.3. The number of rotatable bonds is 8. The molecule has 0 unspecified atom stereocenters. The van der Waals surface area contributed by atoms with Gasteiger partial charge in [0.05, 0.1) is 6.54 Å². The van der Waals surface area contributed by atoms with Crippen molar-refractivity contribution >= 4 is 5.91 Å². The van der Waals surface area contributed by atoms with E-state index in [1.165, 1.54) is 0 Å². The van der Waals surface area contributed by atoms with E-state index in [1.54, 1.807) is 0 Å². The minimum absolute atomic E-state index is 0.112. The second-order valence-corrected chi connectivity index (χ2v) is 4.70. The highest BCUT2D eigenvalue weighted by Crippen LogP contribution is 1.88. The van der Waals surface area contributed by atoms with Crippen LogP contribution in [0.15, 0.2) is 0 Å². The molecule has 0 saturated heterocycles. The van der Waals surface area contributed by atoms with Gasteiger partial charge in [0.15, 0.2) is 0 Å². The molecule has 0 bridgehead atoms. The quantitative estimate of drug-likeness (QED) is 0.648. The largest absolute Gasteiger partial charge is 0.353 e. The Morgan fingerprint density at radius 3 is 2.25 bits per heavy atom. The summed E-state index contributed by atoms with van der Waals surface area (Å²) in [6, 6.07) is 0.725. The summed E-state index contributed by atoms with van der Waals surface area (Å²) in [6.45, 7) is 13.5. The Bertz CT molecular complexity index is 193. The van der Waals surface area contributed by atoms with Gasteiger partial charge in [-0.3, -0.25) is 9.69 Å². The summed E-state index contributed by atoms with van der Waals surface area (Å²) in [5.74, 6) is 0.112. The molecule has 0 rings (SSSR count). The summed E-state index contributed by atoms with van der Waals surface area (Å²) >= 11 is 0. The van der Waals surface area contributed by atoms with E-state index in [-0.39, 0.29) is 11.9 Å². The Hall–Kier alpha value is -0.610. The monoisotopic (exact) mass is 229 g/mol. The maximum absolute atomic E-state index is 11.5. The van der Waals surface area contributed by atoms with Crippen molar-refractivity contribution in [3.05, 3.63) is 0 Å². The van der Waals surface area contributed by atoms with Gasteiger partial charge in [-0.05, 0) is 20.4 Å². The first kappa shape index (κ1) is 15.4. The van der Waals surface area contributed by atoms with Crippen LogP contribution in [-0.2, 0) is 4.79 Å². The van der Waals surface area contributed by atoms with Crippen LogP contribution in [-0.4, -0.2) is 49.1 Å². The lowest BCUT2D eigenvalue weighted by Gasteiger charge is -2.21. The maximum atomic E-state index is 11.5. The molecule has 0 spiro atoms. The zero-order valence-corrected chi connectivity index (χ0v) is 11.3. The Morgan fingerprint density at radius 2 is 1.81 bits per heavy atom. The van der Waals surface area contributed by atoms with Gasteiger partial charge in [0.1, 0.15) is 0 Å². The fraction of sp³-hybridized carbons (Fsp3) is 0.917. The summed E-state index contributed by atoms with van der Waals surface area (Å²) in [5, 5.41) is 6.26. The zero-order valence-electron chi connectivity index (χ0n) is 11.3. The number of nitrogens with zero attached hydrogens (tertiary/aromatic N) is 1. The molecule has 0 aliphatic rings. The van der Waals surface area contributed by atoms with E-state index >= 15 is 0 Å². The highest BCUT2D eigenvalue weighted by Gasteiger charge is 2.09. The molecule has 0 fully saturated rings. The van der Waals surface area contributed by atoms with Crippen LogP contribution in [0.25, 0.3) is 0 Å². The topological polar surface area (TPSA) is 44.4 Å². The number of nitrogens with one attached hydrogen (secondary N) is 2. The smallest absolute Gasteiger partial charge is 0.234 e. The standard InChI is InChI=1S/C12H27N3O/c1-6-15(8-7-13-10(2)3)9-12(16)14-11(4)5/h10-11,13H,6-9H2,1-5H3,(H,14,16). The fourth-order valence-corrected chi connectivity index (χ4v) is 1.43. The van der Waals surface area contributed by atoms with Crippen molar-refractivity contribution < 1.29 is 4.79 Å². The molecule has 1 amide bonds. The summed E-state index contributed by atoms with van der Waals surface area (Å²) in [6.07, 6.45) is 0. The van der Waals surface area contributed by atoms with E-state index in [0.717, 1.165) is 19.6 Å². The molecule has 0 atom stereocenters. The molecule has 96 valence electrons. The van der Waals surface area contributed by atoms with Crippen LogP contribution in [0.3, 0.4) is 0 Å². The van der Waals surface area contributed by atoms with Crippen LogP contribution >= 0.6 is 0 Å². The highest BCUT2D eigenvalue weighted by atomic mass is 16.2. The normalized spacial score (nSPS) is 11.5. The number of carbonyl (C=O) groups is 1. The molecule has 0 radical (unpaired) electrons. The van der Waals surface area contributed by atoms with Gasteiger partial charge in [-0.25, -0.2) is 0 Å². The fourth-order valence-electron chi connectivity index (χ4n) is 1.43. The van der Waals surface area contributed by atoms with Crippen LogP contribution in [0.2, 0.25) is 0 Å². The summed E-state index contributed by atoms with van der Waals surface area (Å²) in [5.41, 5.74) is 0. The zero-order chi connectivity index (χ0) is 12.6. The van der Waals surface area contributed by atoms with Crippen molar-refractivity contribution in [1.82, 2.24) is 15.5 Å². The molecule has 0 aromatic rings. The molecule has 0 aromatic carbocycles. The minimum atomic E-state index is 0.112. The molecule has 16 heavy (non-hydrogen) atoms. The first-order chi connectivity index (χ1) is 7.45. The van der Waals surface area contributed by atoms with Crippen molar-refractivity contribution in [2.45, 2.75) is 46.7 Å². The van der Waals surface area contributed by atoms with Crippen molar-refractivity contribution in [2.24, 2.45) is 0 Å². The average Bonchev–Trinajstić information content (AvgIpc) is 2.14. The van der Waals surface area contributed by atoms with Crippen LogP contribution in [0, 0.1) is 0 Å². The first-order valence-corrected chi connectivity index (χ1v) is 6.20. The van der Waals surface area contributed by atoms with Gasteiger partial charge < -0.3 is 10.6 Å². The summed E-state index contributed by atoms with van der Waals surface area (Å²) < 4.78 is 0. The first-order valence-electron chi connectivity index (χ1n) is 6.20. The van der Waals surface area contributed by atoms with Crippen molar-refractivity contribution in [3.8, 4) is 0 Å². The number of likely N-dealkylation sites (N-methyl/N-ethyl adjacent to an activating group) is 1. The molecule has 0 aliphatic carbocycles. The Morgan fingerprint density at radius 1 is 1.19 bits per heavy atom. The Kier molecular flexibility index (Phi) is 8.21. The third kappa shape index (κ3) is 8.68. The average molecular weight is 229 g/mol. The van der Waals surface area contributed by atoms with E-state index in [4.69, 9.17) is 0 Å². The van der Waals surface area contributed by atoms with Crippen LogP contribution in [0.5, 0.6) is 0 Å². The van der Waals surface area contributed by atoms with Gasteiger partial charge in [-0.2, -0.15) is 0 Å². The van der Waals surface area contributed by atoms with Crippen molar-refractivity contribution in [2.75, 3.05) is 26.2 Å². The van der Waals surface area contributed by atoms with E-state index < -0.39 is 0 Å². The lowest BCUT2D eigenvalue weighted by molar-refractivity contribution is -0.122. The van der Waals surface area contributed by atoms with Gasteiger partial charge >= 0.3 is 0 Å². The molecule has 0 aliphatic heterocycles. The molecule has 4 heteroatoms. The van der Waals surface area contributed by atoms with Gasteiger partial charge in [-0.15, -0.1) is 0 Å². The van der Waals surface area contributed by atoms with Crippen molar-refractivity contribution in [3.63, 3.8) is 0 Å². The third-order valence-corrected chi connectivity index (χ3v) is 2.24. The van der Waals surface area contributed by atoms with E-state index in [1.807, 2.05) is 13.8 Å². The third-order valence-electron chi connectivity index (χ3n) is 2.24. The van der Waals surface area contributed by atoms with Crippen molar-refractivity contribution in [1.29, 1.82) is 0 Å². The summed E-state index contributed by atoms with van der Waals surface area (Å²) in [4.78, 5) is 13.7. The molecule has 0 aromatic heterocycles. The SMILES string of the molecule is CCN(CCNC(C)C)CC(=O)NC(C)C. The Labute approximate surface area is 99.8 Å². The Balaban J connectivity index is 3.77. The molecular weight excluding hydrogens is 202 g/mol.